The molecule has 1 aromatic rings. The maximum absolute atomic E-state index is 5.92. The molecular formula is C16H24N2O. The lowest BCUT2D eigenvalue weighted by atomic mass is 9.96. The zero-order chi connectivity index (χ0) is 13.2. The third kappa shape index (κ3) is 2.69. The Bertz CT molecular complexity index is 413. The van der Waals surface area contributed by atoms with Crippen molar-refractivity contribution in [1.82, 2.24) is 4.90 Å². The molecule has 3 nitrogen and oxygen atoms in total. The predicted octanol–water partition coefficient (Wildman–Crippen LogP) is 2.11. The number of nitrogens with two attached hydrogens (primary N) is 1. The number of morpholine rings is 1. The second-order valence-electron chi connectivity index (χ2n) is 5.65. The van der Waals surface area contributed by atoms with Gasteiger partial charge < -0.3 is 10.5 Å². The van der Waals surface area contributed by atoms with E-state index < -0.39 is 0 Å². The zero-order valence-electron chi connectivity index (χ0n) is 11.7. The fraction of sp³-hybridized carbons (Fsp3) is 0.625. The van der Waals surface area contributed by atoms with Gasteiger partial charge in [-0.3, -0.25) is 4.90 Å². The summed E-state index contributed by atoms with van der Waals surface area (Å²) in [5, 5.41) is 0. The van der Waals surface area contributed by atoms with Crippen LogP contribution in [0.15, 0.2) is 24.3 Å². The first kappa shape index (κ1) is 13.1. The van der Waals surface area contributed by atoms with Crippen LogP contribution in [0.2, 0.25) is 0 Å². The van der Waals surface area contributed by atoms with Crippen molar-refractivity contribution >= 4 is 0 Å². The Labute approximate surface area is 115 Å². The van der Waals surface area contributed by atoms with Crippen LogP contribution in [0.1, 0.15) is 36.9 Å². The van der Waals surface area contributed by atoms with Crippen LogP contribution in [-0.2, 0) is 11.2 Å². The molecule has 3 heteroatoms. The van der Waals surface area contributed by atoms with E-state index in [1.807, 2.05) is 0 Å². The Morgan fingerprint density at radius 3 is 2.58 bits per heavy atom. The first-order chi connectivity index (χ1) is 9.33. The molecule has 2 N–H and O–H groups in total. The number of rotatable bonds is 4. The van der Waals surface area contributed by atoms with Gasteiger partial charge in [0.2, 0.25) is 0 Å². The zero-order valence-corrected chi connectivity index (χ0v) is 11.7. The third-order valence-electron chi connectivity index (χ3n) is 4.37. The molecule has 19 heavy (non-hydrogen) atoms. The molecular weight excluding hydrogens is 236 g/mol. The molecule has 1 aromatic carbocycles. The van der Waals surface area contributed by atoms with E-state index in [4.69, 9.17) is 10.5 Å². The molecule has 1 saturated carbocycles. The molecule has 1 saturated heterocycles. The van der Waals surface area contributed by atoms with Gasteiger partial charge in [-0.2, -0.15) is 0 Å². The van der Waals surface area contributed by atoms with E-state index in [1.54, 1.807) is 0 Å². The lowest BCUT2D eigenvalue weighted by molar-refractivity contribution is -0.0712. The van der Waals surface area contributed by atoms with E-state index in [-0.39, 0.29) is 6.10 Å². The van der Waals surface area contributed by atoms with E-state index in [0.717, 1.165) is 25.6 Å². The van der Waals surface area contributed by atoms with Gasteiger partial charge in [0, 0.05) is 19.1 Å². The molecule has 2 aliphatic rings. The maximum atomic E-state index is 5.92. The molecule has 0 spiro atoms. The van der Waals surface area contributed by atoms with Gasteiger partial charge in [0.05, 0.1) is 18.8 Å². The summed E-state index contributed by atoms with van der Waals surface area (Å²) in [6.07, 6.45) is 3.90. The summed E-state index contributed by atoms with van der Waals surface area (Å²) < 4.78 is 5.89. The topological polar surface area (TPSA) is 38.5 Å². The maximum Gasteiger partial charge on any atom is 0.0894 e. The first-order valence-corrected chi connectivity index (χ1v) is 7.49. The Balaban J connectivity index is 1.86. The molecule has 2 fully saturated rings. The quantitative estimate of drug-likeness (QED) is 0.901. The van der Waals surface area contributed by atoms with Crippen molar-refractivity contribution in [3.05, 3.63) is 35.4 Å². The second-order valence-corrected chi connectivity index (χ2v) is 5.65. The largest absolute Gasteiger partial charge is 0.374 e. The van der Waals surface area contributed by atoms with Crippen molar-refractivity contribution < 1.29 is 4.74 Å². The number of aryl methyl sites for hydroxylation is 1. The molecule has 1 heterocycles. The van der Waals surface area contributed by atoms with Gasteiger partial charge in [0.1, 0.15) is 0 Å². The highest BCUT2D eigenvalue weighted by atomic mass is 16.5. The third-order valence-corrected chi connectivity index (χ3v) is 4.37. The Kier molecular flexibility index (Phi) is 3.87. The lowest BCUT2D eigenvalue weighted by Gasteiger charge is -2.41. The molecule has 0 radical (unpaired) electrons. The minimum atomic E-state index is 0.141. The monoisotopic (exact) mass is 260 g/mol. The molecule has 0 amide bonds. The molecule has 3 rings (SSSR count). The van der Waals surface area contributed by atoms with Crippen LogP contribution in [0.4, 0.5) is 0 Å². The highest BCUT2D eigenvalue weighted by Gasteiger charge is 2.40. The molecule has 0 bridgehead atoms. The minimum absolute atomic E-state index is 0.141. The normalized spacial score (nSPS) is 28.5. The fourth-order valence-electron chi connectivity index (χ4n) is 3.12. The smallest absolute Gasteiger partial charge is 0.0894 e. The van der Waals surface area contributed by atoms with Gasteiger partial charge in [0.25, 0.3) is 0 Å². The highest BCUT2D eigenvalue weighted by Crippen LogP contribution is 2.38. The average molecular weight is 260 g/mol. The molecule has 0 aromatic heterocycles. The van der Waals surface area contributed by atoms with Gasteiger partial charge >= 0.3 is 0 Å². The van der Waals surface area contributed by atoms with E-state index in [1.165, 1.54) is 24.0 Å². The molecule has 2 unspecified atom stereocenters. The van der Waals surface area contributed by atoms with E-state index in [0.29, 0.717) is 12.6 Å². The molecule has 2 atom stereocenters. The Morgan fingerprint density at radius 1 is 1.26 bits per heavy atom. The van der Waals surface area contributed by atoms with Crippen LogP contribution in [0.3, 0.4) is 0 Å². The predicted molar refractivity (Wildman–Crippen MR) is 77.1 cm³/mol. The van der Waals surface area contributed by atoms with E-state index in [2.05, 4.69) is 36.1 Å². The highest BCUT2D eigenvalue weighted by molar-refractivity contribution is 5.27. The summed E-state index contributed by atoms with van der Waals surface area (Å²) >= 11 is 0. The molecule has 1 aliphatic heterocycles. The van der Waals surface area contributed by atoms with Crippen LogP contribution in [0.5, 0.6) is 0 Å². The van der Waals surface area contributed by atoms with Crippen molar-refractivity contribution in [2.45, 2.75) is 44.4 Å². The van der Waals surface area contributed by atoms with Crippen molar-refractivity contribution in [2.75, 3.05) is 19.7 Å². The summed E-state index contributed by atoms with van der Waals surface area (Å²) in [6, 6.07) is 10.1. The number of hydrogen-bond acceptors (Lipinski definition) is 3. The van der Waals surface area contributed by atoms with Gasteiger partial charge in [0.15, 0.2) is 0 Å². The summed E-state index contributed by atoms with van der Waals surface area (Å²) in [5.74, 6) is 0. The van der Waals surface area contributed by atoms with Crippen LogP contribution in [-0.4, -0.2) is 36.7 Å². The molecule has 1 aliphatic carbocycles. The summed E-state index contributed by atoms with van der Waals surface area (Å²) in [4.78, 5) is 2.61. The number of hydrogen-bond donors (Lipinski definition) is 1. The average Bonchev–Trinajstić information content (AvgIpc) is 3.31. The van der Waals surface area contributed by atoms with Gasteiger partial charge in [-0.05, 0) is 30.4 Å². The number of nitrogens with zero attached hydrogens (tertiary/aromatic N) is 1. The number of ether oxygens (including phenoxy) is 1. The minimum Gasteiger partial charge on any atom is -0.374 e. The van der Waals surface area contributed by atoms with Crippen LogP contribution in [0, 0.1) is 0 Å². The SMILES string of the molecule is CCc1ccc(C2C(CN)OCCN2C2CC2)cc1. The summed E-state index contributed by atoms with van der Waals surface area (Å²) in [6.45, 7) is 4.66. The fourth-order valence-corrected chi connectivity index (χ4v) is 3.12. The summed E-state index contributed by atoms with van der Waals surface area (Å²) in [5.41, 5.74) is 8.67. The summed E-state index contributed by atoms with van der Waals surface area (Å²) in [7, 11) is 0. The standard InChI is InChI=1S/C16H24N2O/c1-2-12-3-5-13(6-4-12)16-15(11-17)19-10-9-18(16)14-7-8-14/h3-6,14-16H,2,7-11,17H2,1H3. The van der Waals surface area contributed by atoms with Crippen LogP contribution >= 0.6 is 0 Å². The van der Waals surface area contributed by atoms with Gasteiger partial charge in [-0.1, -0.05) is 31.2 Å². The first-order valence-electron chi connectivity index (χ1n) is 7.49. The second kappa shape index (κ2) is 5.61. The van der Waals surface area contributed by atoms with E-state index >= 15 is 0 Å². The lowest BCUT2D eigenvalue weighted by Crippen LogP contribution is -2.49. The van der Waals surface area contributed by atoms with Crippen molar-refractivity contribution in [3.8, 4) is 0 Å². The van der Waals surface area contributed by atoms with Crippen molar-refractivity contribution in [3.63, 3.8) is 0 Å². The van der Waals surface area contributed by atoms with Crippen LogP contribution in [0.25, 0.3) is 0 Å². The van der Waals surface area contributed by atoms with Crippen LogP contribution < -0.4 is 5.73 Å². The van der Waals surface area contributed by atoms with Gasteiger partial charge in [-0.25, -0.2) is 0 Å². The Morgan fingerprint density at radius 2 is 2.00 bits per heavy atom. The Hall–Kier alpha value is -0.900. The van der Waals surface area contributed by atoms with Gasteiger partial charge in [-0.15, -0.1) is 0 Å². The number of benzene rings is 1. The molecule has 104 valence electrons. The van der Waals surface area contributed by atoms with Crippen molar-refractivity contribution in [2.24, 2.45) is 5.73 Å². The van der Waals surface area contributed by atoms with Crippen molar-refractivity contribution in [1.29, 1.82) is 0 Å². The van der Waals surface area contributed by atoms with E-state index in [9.17, 15) is 0 Å².